The number of nitro groups is 1. The summed E-state index contributed by atoms with van der Waals surface area (Å²) >= 11 is 3.13. The molecule has 0 atom stereocenters. The number of nitro benzene ring substituents is 1. The van der Waals surface area contributed by atoms with Gasteiger partial charge in [0.1, 0.15) is 5.76 Å². The van der Waals surface area contributed by atoms with Gasteiger partial charge in [0, 0.05) is 6.07 Å². The molecule has 2 rings (SSSR count). The summed E-state index contributed by atoms with van der Waals surface area (Å²) in [6.45, 7) is 0. The van der Waals surface area contributed by atoms with Gasteiger partial charge in [-0.3, -0.25) is 10.1 Å². The van der Waals surface area contributed by atoms with Gasteiger partial charge in [-0.15, -0.1) is 0 Å². The molecule has 0 aliphatic carbocycles. The van der Waals surface area contributed by atoms with Crippen LogP contribution >= 0.6 is 15.9 Å². The molecule has 0 bridgehead atoms. The lowest BCUT2D eigenvalue weighted by Gasteiger charge is -2.02. The molecule has 1 N–H and O–H groups in total. The number of benzene rings is 1. The van der Waals surface area contributed by atoms with Gasteiger partial charge in [0.2, 0.25) is 0 Å². The monoisotopic (exact) mass is 337 g/mol. The normalized spacial score (nSPS) is 10.8. The Morgan fingerprint density at radius 3 is 2.60 bits per heavy atom. The van der Waals surface area contributed by atoms with E-state index in [1.807, 2.05) is 0 Å². The first-order chi connectivity index (χ1) is 9.49. The Hall–Kier alpha value is -2.41. The van der Waals surface area contributed by atoms with Gasteiger partial charge in [-0.2, -0.15) is 0 Å². The quantitative estimate of drug-likeness (QED) is 0.676. The highest BCUT2D eigenvalue weighted by atomic mass is 79.9. The highest BCUT2D eigenvalue weighted by Gasteiger charge is 2.19. The highest BCUT2D eigenvalue weighted by molar-refractivity contribution is 9.10. The van der Waals surface area contributed by atoms with E-state index >= 15 is 0 Å². The number of carboxylic acid groups (broad SMARTS) is 1. The number of hydrogen-bond acceptors (Lipinski definition) is 4. The lowest BCUT2D eigenvalue weighted by Crippen LogP contribution is -2.02. The minimum atomic E-state index is -1.23. The molecule has 0 fully saturated rings. The van der Waals surface area contributed by atoms with Crippen LogP contribution in [-0.2, 0) is 0 Å². The van der Waals surface area contributed by atoms with Crippen LogP contribution in [0.2, 0.25) is 0 Å². The molecule has 0 radical (unpaired) electrons. The van der Waals surface area contributed by atoms with Gasteiger partial charge in [0.15, 0.2) is 4.67 Å². The zero-order chi connectivity index (χ0) is 14.7. The van der Waals surface area contributed by atoms with E-state index in [4.69, 9.17) is 9.52 Å². The first-order valence-electron chi connectivity index (χ1n) is 5.43. The van der Waals surface area contributed by atoms with E-state index in [1.54, 1.807) is 12.1 Å². The lowest BCUT2D eigenvalue weighted by atomic mass is 10.0. The molecule has 7 heteroatoms. The van der Waals surface area contributed by atoms with E-state index in [0.29, 0.717) is 10.4 Å². The average molecular weight is 338 g/mol. The van der Waals surface area contributed by atoms with Gasteiger partial charge in [-0.05, 0) is 46.3 Å². The maximum absolute atomic E-state index is 11.1. The van der Waals surface area contributed by atoms with Crippen molar-refractivity contribution in [1.82, 2.24) is 0 Å². The van der Waals surface area contributed by atoms with Crippen LogP contribution in [0.5, 0.6) is 0 Å². The van der Waals surface area contributed by atoms with E-state index in [2.05, 4.69) is 15.9 Å². The Morgan fingerprint density at radius 1 is 1.30 bits per heavy atom. The predicted molar refractivity (Wildman–Crippen MR) is 75.4 cm³/mol. The molecule has 2 aromatic rings. The van der Waals surface area contributed by atoms with Crippen molar-refractivity contribution in [3.05, 3.63) is 62.0 Å². The molecule has 0 aliphatic rings. The third kappa shape index (κ3) is 2.94. The lowest BCUT2D eigenvalue weighted by molar-refractivity contribution is -0.385. The summed E-state index contributed by atoms with van der Waals surface area (Å²) in [5.41, 5.74) is -0.384. The van der Waals surface area contributed by atoms with Gasteiger partial charge in [0.05, 0.1) is 16.1 Å². The molecule has 102 valence electrons. The predicted octanol–water partition coefficient (Wildman–Crippen LogP) is 3.82. The second-order valence-electron chi connectivity index (χ2n) is 3.78. The SMILES string of the molecule is O=C(O)c1cccc([N+](=O)[O-])c1/C=C/c1ccc(Br)o1. The van der Waals surface area contributed by atoms with Crippen molar-refractivity contribution in [1.29, 1.82) is 0 Å². The Morgan fingerprint density at radius 2 is 2.05 bits per heavy atom. The first kappa shape index (κ1) is 14.0. The van der Waals surface area contributed by atoms with Crippen LogP contribution in [0.25, 0.3) is 12.2 Å². The Balaban J connectivity index is 2.50. The fourth-order valence-electron chi connectivity index (χ4n) is 1.66. The van der Waals surface area contributed by atoms with Crippen LogP contribution in [-0.4, -0.2) is 16.0 Å². The Labute approximate surface area is 121 Å². The van der Waals surface area contributed by atoms with E-state index in [1.165, 1.54) is 30.4 Å². The third-order valence-electron chi connectivity index (χ3n) is 2.52. The third-order valence-corrected chi connectivity index (χ3v) is 2.94. The van der Waals surface area contributed by atoms with Crippen molar-refractivity contribution in [2.45, 2.75) is 0 Å². The van der Waals surface area contributed by atoms with Gasteiger partial charge in [-0.1, -0.05) is 6.07 Å². The number of halogens is 1. The maximum Gasteiger partial charge on any atom is 0.336 e. The number of nitrogens with zero attached hydrogens (tertiary/aromatic N) is 1. The zero-order valence-corrected chi connectivity index (χ0v) is 11.5. The van der Waals surface area contributed by atoms with Crippen molar-refractivity contribution in [2.75, 3.05) is 0 Å². The van der Waals surface area contributed by atoms with Crippen LogP contribution in [0, 0.1) is 10.1 Å². The van der Waals surface area contributed by atoms with Crippen LogP contribution in [0.15, 0.2) is 39.4 Å². The standard InChI is InChI=1S/C13H8BrNO5/c14-12-7-5-8(20-12)4-6-9-10(13(16)17)2-1-3-11(9)15(18)19/h1-7H,(H,16,17)/b6-4+. The summed E-state index contributed by atoms with van der Waals surface area (Å²) in [6.07, 6.45) is 2.83. The molecule has 0 aliphatic heterocycles. The Kier molecular flexibility index (Phi) is 3.99. The summed E-state index contributed by atoms with van der Waals surface area (Å²) in [7, 11) is 0. The van der Waals surface area contributed by atoms with Crippen LogP contribution < -0.4 is 0 Å². The van der Waals surface area contributed by atoms with Gasteiger partial charge >= 0.3 is 5.97 Å². The molecule has 0 spiro atoms. The zero-order valence-electron chi connectivity index (χ0n) is 9.95. The summed E-state index contributed by atoms with van der Waals surface area (Å²) < 4.78 is 5.73. The molecule has 0 saturated carbocycles. The van der Waals surface area contributed by atoms with Crippen molar-refractivity contribution in [2.24, 2.45) is 0 Å². The van der Waals surface area contributed by atoms with Crippen molar-refractivity contribution < 1.29 is 19.2 Å². The minimum Gasteiger partial charge on any atom is -0.478 e. The molecule has 1 heterocycles. The summed E-state index contributed by atoms with van der Waals surface area (Å²) in [4.78, 5) is 21.5. The van der Waals surface area contributed by atoms with Crippen LogP contribution in [0.4, 0.5) is 5.69 Å². The maximum atomic E-state index is 11.1. The minimum absolute atomic E-state index is 0.0255. The van der Waals surface area contributed by atoms with E-state index in [0.717, 1.165) is 0 Å². The molecular formula is C13H8BrNO5. The molecule has 0 amide bonds. The van der Waals surface area contributed by atoms with Gasteiger partial charge in [-0.25, -0.2) is 4.79 Å². The largest absolute Gasteiger partial charge is 0.478 e. The molecule has 20 heavy (non-hydrogen) atoms. The fraction of sp³-hybridized carbons (Fsp3) is 0. The van der Waals surface area contributed by atoms with Crippen LogP contribution in [0.1, 0.15) is 21.7 Å². The molecule has 1 aromatic carbocycles. The van der Waals surface area contributed by atoms with Crippen molar-refractivity contribution in [3.8, 4) is 0 Å². The second kappa shape index (κ2) is 5.70. The number of hydrogen-bond donors (Lipinski definition) is 1. The molecule has 0 unspecified atom stereocenters. The molecular weight excluding hydrogens is 330 g/mol. The van der Waals surface area contributed by atoms with Crippen molar-refractivity contribution in [3.63, 3.8) is 0 Å². The summed E-state index contributed by atoms with van der Waals surface area (Å²) in [6, 6.07) is 7.21. The Bertz CT molecular complexity index is 672. The first-order valence-corrected chi connectivity index (χ1v) is 6.22. The highest BCUT2D eigenvalue weighted by Crippen LogP contribution is 2.25. The smallest absolute Gasteiger partial charge is 0.336 e. The molecule has 1 aromatic heterocycles. The van der Waals surface area contributed by atoms with Gasteiger partial charge in [0.25, 0.3) is 5.69 Å². The number of rotatable bonds is 4. The van der Waals surface area contributed by atoms with Gasteiger partial charge < -0.3 is 9.52 Å². The number of furan rings is 1. The summed E-state index contributed by atoms with van der Waals surface area (Å²) in [5.74, 6) is -0.777. The second-order valence-corrected chi connectivity index (χ2v) is 4.56. The van der Waals surface area contributed by atoms with Crippen LogP contribution in [0.3, 0.4) is 0 Å². The average Bonchev–Trinajstić information content (AvgIpc) is 2.81. The van der Waals surface area contributed by atoms with Crippen molar-refractivity contribution >= 4 is 39.7 Å². The topological polar surface area (TPSA) is 93.6 Å². The number of carbonyl (C=O) groups is 1. The van der Waals surface area contributed by atoms with E-state index in [-0.39, 0.29) is 16.8 Å². The fourth-order valence-corrected chi connectivity index (χ4v) is 1.98. The number of aromatic carboxylic acids is 1. The molecule has 6 nitrogen and oxygen atoms in total. The summed E-state index contributed by atoms with van der Waals surface area (Å²) in [5, 5.41) is 20.0. The van der Waals surface area contributed by atoms with E-state index in [9.17, 15) is 14.9 Å². The molecule has 0 saturated heterocycles. The number of carboxylic acids is 1. The van der Waals surface area contributed by atoms with E-state index < -0.39 is 10.9 Å².